The third kappa shape index (κ3) is 5.56. The summed E-state index contributed by atoms with van der Waals surface area (Å²) >= 11 is 0. The molecule has 0 aromatic heterocycles. The lowest BCUT2D eigenvalue weighted by atomic mass is 9.88. The van der Waals surface area contributed by atoms with Crippen molar-refractivity contribution in [2.75, 3.05) is 13.1 Å². The summed E-state index contributed by atoms with van der Waals surface area (Å²) in [6.45, 7) is 9.30. The van der Waals surface area contributed by atoms with Crippen molar-refractivity contribution in [1.29, 1.82) is 0 Å². The highest BCUT2D eigenvalue weighted by molar-refractivity contribution is 6.26. The standard InChI is InChI=1S/C20H31N3O2/c1-4-15(2)18-10-7-9-17-8-5-6-11-23(14-19(17)18)13-16(3)22-20(24)12-21-25/h7,9-10,12,15-16,25H,4-6,8,11,13-14H2,1-3H3,(H,22,24)/b21-12-/t15-,16-/m0/s1. The van der Waals surface area contributed by atoms with E-state index in [1.165, 1.54) is 29.5 Å². The number of rotatable bonds is 6. The van der Waals surface area contributed by atoms with Crippen LogP contribution < -0.4 is 5.32 Å². The van der Waals surface area contributed by atoms with E-state index in [0.29, 0.717) is 5.92 Å². The van der Waals surface area contributed by atoms with Crippen LogP contribution in [0.3, 0.4) is 0 Å². The Balaban J connectivity index is 2.14. The minimum atomic E-state index is -0.359. The van der Waals surface area contributed by atoms with Crippen LogP contribution in [0, 0.1) is 0 Å². The molecule has 2 N–H and O–H groups in total. The van der Waals surface area contributed by atoms with Crippen LogP contribution in [-0.2, 0) is 17.8 Å². The summed E-state index contributed by atoms with van der Waals surface area (Å²) in [4.78, 5) is 14.0. The second kappa shape index (κ2) is 9.56. The molecule has 0 unspecified atom stereocenters. The summed E-state index contributed by atoms with van der Waals surface area (Å²) < 4.78 is 0. The largest absolute Gasteiger partial charge is 0.411 e. The molecule has 0 bridgehead atoms. The maximum atomic E-state index is 11.6. The Morgan fingerprint density at radius 1 is 1.40 bits per heavy atom. The number of nitrogens with one attached hydrogen (secondary N) is 1. The van der Waals surface area contributed by atoms with E-state index in [0.717, 1.165) is 38.7 Å². The van der Waals surface area contributed by atoms with Gasteiger partial charge in [0.2, 0.25) is 0 Å². The maximum absolute atomic E-state index is 11.6. The molecule has 1 aliphatic rings. The van der Waals surface area contributed by atoms with Gasteiger partial charge >= 0.3 is 0 Å². The van der Waals surface area contributed by atoms with Crippen LogP contribution in [0.2, 0.25) is 0 Å². The van der Waals surface area contributed by atoms with Gasteiger partial charge in [-0.3, -0.25) is 9.69 Å². The lowest BCUT2D eigenvalue weighted by Gasteiger charge is -2.31. The Bertz CT molecular complexity index is 601. The number of benzene rings is 1. The van der Waals surface area contributed by atoms with Crippen LogP contribution in [0.5, 0.6) is 0 Å². The number of amides is 1. The Hall–Kier alpha value is -1.88. The first-order valence-corrected chi connectivity index (χ1v) is 9.36. The number of hydrogen-bond donors (Lipinski definition) is 2. The number of nitrogens with zero attached hydrogens (tertiary/aromatic N) is 2. The molecule has 2 atom stereocenters. The molecule has 2 rings (SSSR count). The van der Waals surface area contributed by atoms with E-state index in [9.17, 15) is 4.79 Å². The highest BCUT2D eigenvalue weighted by Crippen LogP contribution is 2.29. The maximum Gasteiger partial charge on any atom is 0.266 e. The molecule has 0 spiro atoms. The SMILES string of the molecule is CC[C@H](C)c1cccc2c1CN(C[C@H](C)NC(=O)/C=N\O)CCCC2. The van der Waals surface area contributed by atoms with Gasteiger partial charge in [-0.05, 0) is 61.8 Å². The molecule has 0 saturated heterocycles. The van der Waals surface area contributed by atoms with Crippen LogP contribution >= 0.6 is 0 Å². The van der Waals surface area contributed by atoms with Gasteiger partial charge in [0, 0.05) is 19.1 Å². The second-order valence-corrected chi connectivity index (χ2v) is 7.14. The van der Waals surface area contributed by atoms with Crippen molar-refractivity contribution in [2.45, 2.75) is 65.0 Å². The highest BCUT2D eigenvalue weighted by atomic mass is 16.4. The van der Waals surface area contributed by atoms with Gasteiger partial charge in [0.25, 0.3) is 5.91 Å². The van der Waals surface area contributed by atoms with Crippen LogP contribution in [0.4, 0.5) is 0 Å². The number of fused-ring (bicyclic) bond motifs is 1. The predicted octanol–water partition coefficient (Wildman–Crippen LogP) is 3.30. The average molecular weight is 345 g/mol. The molecule has 25 heavy (non-hydrogen) atoms. The fourth-order valence-corrected chi connectivity index (χ4v) is 3.64. The summed E-state index contributed by atoms with van der Waals surface area (Å²) in [7, 11) is 0. The first-order valence-electron chi connectivity index (χ1n) is 9.36. The molecule has 1 aromatic carbocycles. The number of carbonyl (C=O) groups is 1. The van der Waals surface area contributed by atoms with Gasteiger partial charge in [-0.15, -0.1) is 0 Å². The lowest BCUT2D eigenvalue weighted by molar-refractivity contribution is -0.115. The van der Waals surface area contributed by atoms with Crippen LogP contribution in [0.1, 0.15) is 62.6 Å². The predicted molar refractivity (Wildman–Crippen MR) is 101 cm³/mol. The van der Waals surface area contributed by atoms with Crippen molar-refractivity contribution >= 4 is 12.1 Å². The fraction of sp³-hybridized carbons (Fsp3) is 0.600. The van der Waals surface area contributed by atoms with Crippen molar-refractivity contribution in [3.63, 3.8) is 0 Å². The molecule has 5 nitrogen and oxygen atoms in total. The quantitative estimate of drug-likeness (QED) is 0.472. The van der Waals surface area contributed by atoms with E-state index < -0.39 is 0 Å². The Morgan fingerprint density at radius 2 is 2.20 bits per heavy atom. The van der Waals surface area contributed by atoms with Crippen molar-refractivity contribution in [2.24, 2.45) is 5.16 Å². The lowest BCUT2D eigenvalue weighted by Crippen LogP contribution is -2.43. The number of oxime groups is 1. The minimum absolute atomic E-state index is 0.00383. The average Bonchev–Trinajstić information content (AvgIpc) is 2.56. The molecule has 1 aromatic rings. The number of aryl methyl sites for hydroxylation is 1. The Morgan fingerprint density at radius 3 is 2.92 bits per heavy atom. The van der Waals surface area contributed by atoms with Crippen molar-refractivity contribution in [3.05, 3.63) is 34.9 Å². The van der Waals surface area contributed by atoms with E-state index >= 15 is 0 Å². The zero-order chi connectivity index (χ0) is 18.2. The molecule has 5 heteroatoms. The van der Waals surface area contributed by atoms with E-state index in [-0.39, 0.29) is 11.9 Å². The molecule has 0 radical (unpaired) electrons. The summed E-state index contributed by atoms with van der Waals surface area (Å²) in [5, 5.41) is 14.1. The molecular weight excluding hydrogens is 314 g/mol. The zero-order valence-electron chi connectivity index (χ0n) is 15.7. The van der Waals surface area contributed by atoms with Gasteiger partial charge in [0.05, 0.1) is 0 Å². The molecule has 138 valence electrons. The summed E-state index contributed by atoms with van der Waals surface area (Å²) in [5.74, 6) is 0.205. The van der Waals surface area contributed by atoms with Crippen molar-refractivity contribution in [3.8, 4) is 0 Å². The van der Waals surface area contributed by atoms with Gasteiger partial charge in [-0.25, -0.2) is 0 Å². The van der Waals surface area contributed by atoms with Crippen molar-refractivity contribution in [1.82, 2.24) is 10.2 Å². The van der Waals surface area contributed by atoms with Gasteiger partial charge in [0.1, 0.15) is 6.21 Å². The van der Waals surface area contributed by atoms with Gasteiger partial charge < -0.3 is 10.5 Å². The summed E-state index contributed by atoms with van der Waals surface area (Å²) in [6, 6.07) is 6.75. The number of carbonyl (C=O) groups excluding carboxylic acids is 1. The van der Waals surface area contributed by atoms with E-state index in [1.54, 1.807) is 0 Å². The molecule has 0 fully saturated rings. The first kappa shape index (κ1) is 19.4. The third-order valence-electron chi connectivity index (χ3n) is 5.10. The first-order chi connectivity index (χ1) is 12.0. The van der Waals surface area contributed by atoms with E-state index in [4.69, 9.17) is 5.21 Å². The topological polar surface area (TPSA) is 64.9 Å². The fourth-order valence-electron chi connectivity index (χ4n) is 3.64. The summed E-state index contributed by atoms with van der Waals surface area (Å²) in [5.41, 5.74) is 4.43. The molecular formula is C20H31N3O2. The summed E-state index contributed by atoms with van der Waals surface area (Å²) in [6.07, 6.45) is 5.58. The molecule has 1 amide bonds. The normalized spacial score (nSPS) is 18.2. The molecule has 0 aliphatic carbocycles. The van der Waals surface area contributed by atoms with Gasteiger partial charge in [0.15, 0.2) is 0 Å². The Labute approximate surface area is 151 Å². The van der Waals surface area contributed by atoms with Gasteiger partial charge in [-0.2, -0.15) is 0 Å². The molecule has 1 heterocycles. The highest BCUT2D eigenvalue weighted by Gasteiger charge is 2.20. The third-order valence-corrected chi connectivity index (χ3v) is 5.10. The molecule has 1 aliphatic heterocycles. The molecule has 0 saturated carbocycles. The monoisotopic (exact) mass is 345 g/mol. The van der Waals surface area contributed by atoms with E-state index in [1.807, 2.05) is 6.92 Å². The minimum Gasteiger partial charge on any atom is -0.411 e. The van der Waals surface area contributed by atoms with Gasteiger partial charge in [-0.1, -0.05) is 37.2 Å². The van der Waals surface area contributed by atoms with Crippen molar-refractivity contribution < 1.29 is 10.0 Å². The Kier molecular flexibility index (Phi) is 7.44. The van der Waals surface area contributed by atoms with Crippen LogP contribution in [0.25, 0.3) is 0 Å². The van der Waals surface area contributed by atoms with E-state index in [2.05, 4.69) is 47.4 Å². The second-order valence-electron chi connectivity index (χ2n) is 7.14. The number of hydrogen-bond acceptors (Lipinski definition) is 4. The van der Waals surface area contributed by atoms with Crippen LogP contribution in [0.15, 0.2) is 23.4 Å². The zero-order valence-corrected chi connectivity index (χ0v) is 15.7. The van der Waals surface area contributed by atoms with Crippen LogP contribution in [-0.4, -0.2) is 41.4 Å². The smallest absolute Gasteiger partial charge is 0.266 e.